The van der Waals surface area contributed by atoms with Gasteiger partial charge >= 0.3 is 6.09 Å². The van der Waals surface area contributed by atoms with Crippen molar-refractivity contribution in [2.75, 3.05) is 19.6 Å². The topological polar surface area (TPSA) is 49.9 Å². The van der Waals surface area contributed by atoms with Crippen molar-refractivity contribution in [3.8, 4) is 0 Å². The summed E-state index contributed by atoms with van der Waals surface area (Å²) in [5.41, 5.74) is -0.456. The minimum absolute atomic E-state index is 0.0219. The molecule has 0 aliphatic carbocycles. The summed E-state index contributed by atoms with van der Waals surface area (Å²) in [4.78, 5) is 27.6. The van der Waals surface area contributed by atoms with E-state index in [2.05, 4.69) is 15.9 Å². The van der Waals surface area contributed by atoms with Crippen LogP contribution in [0.15, 0.2) is 0 Å². The fourth-order valence-electron chi connectivity index (χ4n) is 2.72. The van der Waals surface area contributed by atoms with Crippen LogP contribution < -0.4 is 0 Å². The summed E-state index contributed by atoms with van der Waals surface area (Å²) in [5, 5.41) is 0. The summed E-state index contributed by atoms with van der Waals surface area (Å²) in [6.45, 7) is 7.77. The van der Waals surface area contributed by atoms with Crippen LogP contribution in [0.4, 0.5) is 4.79 Å². The maximum absolute atomic E-state index is 12.0. The van der Waals surface area contributed by atoms with Crippen molar-refractivity contribution in [1.29, 1.82) is 0 Å². The van der Waals surface area contributed by atoms with Crippen LogP contribution in [0.3, 0.4) is 0 Å². The minimum atomic E-state index is -0.456. The van der Waals surface area contributed by atoms with Crippen LogP contribution in [-0.4, -0.2) is 57.9 Å². The van der Waals surface area contributed by atoms with Gasteiger partial charge < -0.3 is 14.5 Å². The molecule has 2 rings (SSSR count). The van der Waals surface area contributed by atoms with Crippen LogP contribution in [0, 0.1) is 0 Å². The highest BCUT2D eigenvalue weighted by molar-refractivity contribution is 9.10. The summed E-state index contributed by atoms with van der Waals surface area (Å²) < 4.78 is 5.38. The Morgan fingerprint density at radius 1 is 1.20 bits per heavy atom. The summed E-state index contributed by atoms with van der Waals surface area (Å²) in [6.07, 6.45) is 2.31. The van der Waals surface area contributed by atoms with Gasteiger partial charge in [-0.15, -0.1) is 0 Å². The van der Waals surface area contributed by atoms with E-state index in [9.17, 15) is 9.59 Å². The number of rotatable bonds is 1. The zero-order chi connectivity index (χ0) is 14.9. The fraction of sp³-hybridized carbons (Fsp3) is 0.857. The van der Waals surface area contributed by atoms with Crippen molar-refractivity contribution in [3.05, 3.63) is 0 Å². The second-order valence-corrected chi connectivity index (χ2v) is 7.59. The van der Waals surface area contributed by atoms with Gasteiger partial charge in [-0.3, -0.25) is 4.79 Å². The molecule has 1 unspecified atom stereocenters. The van der Waals surface area contributed by atoms with E-state index >= 15 is 0 Å². The van der Waals surface area contributed by atoms with Gasteiger partial charge in [0.15, 0.2) is 0 Å². The predicted octanol–water partition coefficient (Wildman–Crippen LogP) is 2.38. The molecular formula is C14H23BrN2O3. The molecule has 20 heavy (non-hydrogen) atoms. The van der Waals surface area contributed by atoms with E-state index in [0.717, 1.165) is 25.8 Å². The number of hydrogen-bond acceptors (Lipinski definition) is 3. The Bertz CT molecular complexity index is 386. The second-order valence-electron chi connectivity index (χ2n) is 6.49. The van der Waals surface area contributed by atoms with Gasteiger partial charge in [-0.05, 0) is 40.0 Å². The van der Waals surface area contributed by atoms with Crippen LogP contribution in [-0.2, 0) is 9.53 Å². The van der Waals surface area contributed by atoms with Crippen molar-refractivity contribution in [2.45, 2.75) is 56.5 Å². The molecule has 0 N–H and O–H groups in total. The Balaban J connectivity index is 1.84. The smallest absolute Gasteiger partial charge is 0.410 e. The average Bonchev–Trinajstić information content (AvgIpc) is 2.68. The summed E-state index contributed by atoms with van der Waals surface area (Å²) >= 11 is 3.40. The number of alkyl halides is 1. The summed E-state index contributed by atoms with van der Waals surface area (Å²) in [6, 6.07) is 0.267. The number of amides is 2. The molecule has 0 radical (unpaired) electrons. The molecule has 2 heterocycles. The molecule has 2 amide bonds. The van der Waals surface area contributed by atoms with E-state index < -0.39 is 5.60 Å². The first-order valence-electron chi connectivity index (χ1n) is 7.20. The van der Waals surface area contributed by atoms with Gasteiger partial charge in [-0.1, -0.05) is 15.9 Å². The molecule has 0 saturated carbocycles. The SMILES string of the molecule is CC(C)(C)OC(=O)N1CCC(N2CCC(Br)C2=O)CC1. The highest BCUT2D eigenvalue weighted by Gasteiger charge is 2.36. The van der Waals surface area contributed by atoms with E-state index in [-0.39, 0.29) is 22.9 Å². The highest BCUT2D eigenvalue weighted by Crippen LogP contribution is 2.26. The van der Waals surface area contributed by atoms with Gasteiger partial charge in [0.2, 0.25) is 5.91 Å². The zero-order valence-corrected chi connectivity index (χ0v) is 14.0. The Labute approximate surface area is 128 Å². The van der Waals surface area contributed by atoms with Gasteiger partial charge in [0.1, 0.15) is 5.60 Å². The van der Waals surface area contributed by atoms with Gasteiger partial charge in [0.05, 0.1) is 4.83 Å². The Hall–Kier alpha value is -0.780. The molecular weight excluding hydrogens is 324 g/mol. The van der Waals surface area contributed by atoms with E-state index in [1.54, 1.807) is 4.90 Å². The van der Waals surface area contributed by atoms with Crippen molar-refractivity contribution >= 4 is 27.9 Å². The molecule has 2 saturated heterocycles. The Morgan fingerprint density at radius 3 is 2.25 bits per heavy atom. The number of likely N-dealkylation sites (tertiary alicyclic amines) is 2. The van der Waals surface area contributed by atoms with Crippen LogP contribution in [0.25, 0.3) is 0 Å². The van der Waals surface area contributed by atoms with Gasteiger partial charge in [-0.2, -0.15) is 0 Å². The first kappa shape index (κ1) is 15.6. The molecule has 0 bridgehead atoms. The molecule has 2 aliphatic rings. The quantitative estimate of drug-likeness (QED) is 0.685. The summed E-state index contributed by atoms with van der Waals surface area (Å²) in [5.74, 6) is 0.195. The third kappa shape index (κ3) is 3.65. The van der Waals surface area contributed by atoms with Crippen LogP contribution in [0.5, 0.6) is 0 Å². The van der Waals surface area contributed by atoms with E-state index in [1.165, 1.54) is 0 Å². The van der Waals surface area contributed by atoms with Crippen molar-refractivity contribution in [2.24, 2.45) is 0 Å². The molecule has 0 aromatic carbocycles. The molecule has 1 atom stereocenters. The van der Waals surface area contributed by atoms with Crippen molar-refractivity contribution < 1.29 is 14.3 Å². The first-order chi connectivity index (χ1) is 9.28. The fourth-order valence-corrected chi connectivity index (χ4v) is 3.18. The standard InChI is InChI=1S/C14H23BrN2O3/c1-14(2,3)20-13(19)16-7-4-10(5-8-16)17-9-6-11(15)12(17)18/h10-11H,4-9H2,1-3H3. The number of ether oxygens (including phenoxy) is 1. The highest BCUT2D eigenvalue weighted by atomic mass is 79.9. The number of nitrogens with zero attached hydrogens (tertiary/aromatic N) is 2. The predicted molar refractivity (Wildman–Crippen MR) is 79.9 cm³/mol. The molecule has 6 heteroatoms. The lowest BCUT2D eigenvalue weighted by Gasteiger charge is -2.37. The zero-order valence-electron chi connectivity index (χ0n) is 12.4. The van der Waals surface area contributed by atoms with Crippen molar-refractivity contribution in [3.63, 3.8) is 0 Å². The van der Waals surface area contributed by atoms with Crippen LogP contribution in [0.2, 0.25) is 0 Å². The van der Waals surface area contributed by atoms with Gasteiger partial charge in [-0.25, -0.2) is 4.79 Å². The van der Waals surface area contributed by atoms with Crippen molar-refractivity contribution in [1.82, 2.24) is 9.80 Å². The van der Waals surface area contributed by atoms with E-state index in [0.29, 0.717) is 13.1 Å². The summed E-state index contributed by atoms with van der Waals surface area (Å²) in [7, 11) is 0. The molecule has 0 aromatic rings. The molecule has 2 fully saturated rings. The first-order valence-corrected chi connectivity index (χ1v) is 8.12. The molecule has 0 aromatic heterocycles. The lowest BCUT2D eigenvalue weighted by Crippen LogP contribution is -2.48. The van der Waals surface area contributed by atoms with Gasteiger partial charge in [0.25, 0.3) is 0 Å². The number of piperidine rings is 1. The average molecular weight is 347 g/mol. The lowest BCUT2D eigenvalue weighted by atomic mass is 10.0. The normalized spacial score (nSPS) is 25.2. The minimum Gasteiger partial charge on any atom is -0.444 e. The number of carbonyl (C=O) groups excluding carboxylic acids is 2. The Kier molecular flexibility index (Phi) is 4.62. The third-order valence-electron chi connectivity index (χ3n) is 3.73. The van der Waals surface area contributed by atoms with Crippen LogP contribution in [0.1, 0.15) is 40.0 Å². The molecule has 2 aliphatic heterocycles. The Morgan fingerprint density at radius 2 is 1.80 bits per heavy atom. The lowest BCUT2D eigenvalue weighted by molar-refractivity contribution is -0.129. The third-order valence-corrected chi connectivity index (χ3v) is 4.58. The van der Waals surface area contributed by atoms with Gasteiger partial charge in [0, 0.05) is 25.7 Å². The molecule has 0 spiro atoms. The molecule has 114 valence electrons. The number of halogens is 1. The molecule has 5 nitrogen and oxygen atoms in total. The monoisotopic (exact) mass is 346 g/mol. The van der Waals surface area contributed by atoms with E-state index in [1.807, 2.05) is 25.7 Å². The number of carbonyl (C=O) groups is 2. The number of hydrogen-bond donors (Lipinski definition) is 0. The maximum Gasteiger partial charge on any atom is 0.410 e. The second kappa shape index (κ2) is 5.92. The largest absolute Gasteiger partial charge is 0.444 e. The van der Waals surface area contributed by atoms with Crippen LogP contribution >= 0.6 is 15.9 Å². The van der Waals surface area contributed by atoms with E-state index in [4.69, 9.17) is 4.74 Å². The maximum atomic E-state index is 12.0.